The third-order valence-corrected chi connectivity index (χ3v) is 4.45. The van der Waals surface area contributed by atoms with Crippen LogP contribution in [-0.4, -0.2) is 41.3 Å². The fraction of sp³-hybridized carbons (Fsp3) is 0.667. The molecule has 1 fully saturated rings. The molecule has 1 aromatic rings. The second-order valence-electron chi connectivity index (χ2n) is 6.34. The highest BCUT2D eigenvalue weighted by Gasteiger charge is 2.19. The molecule has 0 amide bonds. The van der Waals surface area contributed by atoms with Gasteiger partial charge in [-0.1, -0.05) is 30.4 Å². The van der Waals surface area contributed by atoms with Crippen molar-refractivity contribution in [3.05, 3.63) is 23.0 Å². The van der Waals surface area contributed by atoms with E-state index in [1.807, 2.05) is 6.07 Å². The predicted octanol–water partition coefficient (Wildman–Crippen LogP) is 3.12. The van der Waals surface area contributed by atoms with Crippen LogP contribution in [-0.2, 0) is 6.54 Å². The van der Waals surface area contributed by atoms with Gasteiger partial charge < -0.3 is 5.32 Å². The monoisotopic (exact) mass is 334 g/mol. The lowest BCUT2D eigenvalue weighted by Crippen LogP contribution is -2.32. The molecular weight excluding hydrogens is 308 g/mol. The lowest BCUT2D eigenvalue weighted by molar-refractivity contribution is 0.331. The zero-order valence-corrected chi connectivity index (χ0v) is 14.9. The summed E-state index contributed by atoms with van der Waals surface area (Å²) in [5, 5.41) is 12.0. The highest BCUT2D eigenvalue weighted by atomic mass is 35.5. The van der Waals surface area contributed by atoms with Crippen molar-refractivity contribution in [2.45, 2.75) is 51.6 Å². The van der Waals surface area contributed by atoms with E-state index in [2.05, 4.69) is 46.2 Å². The third kappa shape index (κ3) is 6.87. The molecule has 0 spiro atoms. The number of rotatable bonds is 6. The molecule has 0 unspecified atom stereocenters. The van der Waals surface area contributed by atoms with Crippen LogP contribution in [0.3, 0.4) is 0 Å². The molecule has 0 bridgehead atoms. The Bertz CT molecular complexity index is 512. The van der Waals surface area contributed by atoms with Gasteiger partial charge >= 0.3 is 0 Å². The number of hydrogen-bond donors (Lipinski definition) is 1. The van der Waals surface area contributed by atoms with E-state index in [4.69, 9.17) is 11.6 Å². The minimum absolute atomic E-state index is 0.442. The first-order valence-corrected chi connectivity index (χ1v) is 8.93. The van der Waals surface area contributed by atoms with Crippen molar-refractivity contribution in [1.82, 2.24) is 20.4 Å². The number of nitrogens with zero attached hydrogens (tertiary/aromatic N) is 3. The van der Waals surface area contributed by atoms with Crippen molar-refractivity contribution in [1.29, 1.82) is 0 Å². The average molecular weight is 335 g/mol. The highest BCUT2D eigenvalue weighted by molar-refractivity contribution is 6.29. The van der Waals surface area contributed by atoms with Gasteiger partial charge in [-0.3, -0.25) is 4.90 Å². The Labute approximate surface area is 145 Å². The van der Waals surface area contributed by atoms with Crippen molar-refractivity contribution >= 4 is 11.6 Å². The third-order valence-electron chi connectivity index (χ3n) is 4.25. The Morgan fingerprint density at radius 2 is 2.04 bits per heavy atom. The van der Waals surface area contributed by atoms with Crippen LogP contribution >= 0.6 is 11.6 Å². The first kappa shape index (κ1) is 18.2. The van der Waals surface area contributed by atoms with Gasteiger partial charge in [0, 0.05) is 18.5 Å². The summed E-state index contributed by atoms with van der Waals surface area (Å²) in [4.78, 5) is 2.29. The number of nitrogens with one attached hydrogen (secondary N) is 1. The van der Waals surface area contributed by atoms with Crippen LogP contribution in [0, 0.1) is 17.8 Å². The van der Waals surface area contributed by atoms with Gasteiger partial charge in [-0.2, -0.15) is 5.10 Å². The maximum absolute atomic E-state index is 5.75. The molecule has 1 aromatic heterocycles. The molecular formula is C18H27ClN4. The number of halogens is 1. The van der Waals surface area contributed by atoms with Gasteiger partial charge in [0.2, 0.25) is 0 Å². The molecule has 1 aliphatic rings. The van der Waals surface area contributed by atoms with E-state index < -0.39 is 0 Å². The van der Waals surface area contributed by atoms with Crippen LogP contribution < -0.4 is 5.32 Å². The van der Waals surface area contributed by atoms with Crippen LogP contribution in [0.5, 0.6) is 0 Å². The molecule has 1 heterocycles. The summed E-state index contributed by atoms with van der Waals surface area (Å²) in [7, 11) is 2.14. The van der Waals surface area contributed by atoms with Crippen LogP contribution in [0.1, 0.15) is 44.7 Å². The van der Waals surface area contributed by atoms with Gasteiger partial charge in [-0.25, -0.2) is 0 Å². The molecule has 2 rings (SSSR count). The summed E-state index contributed by atoms with van der Waals surface area (Å²) in [5.74, 6) is 7.37. The Morgan fingerprint density at radius 1 is 1.26 bits per heavy atom. The summed E-state index contributed by atoms with van der Waals surface area (Å²) in [6.45, 7) is 4.97. The van der Waals surface area contributed by atoms with E-state index in [-0.39, 0.29) is 0 Å². The molecule has 1 N–H and O–H groups in total. The molecule has 0 saturated heterocycles. The summed E-state index contributed by atoms with van der Waals surface area (Å²) in [6.07, 6.45) is 5.94. The van der Waals surface area contributed by atoms with Crippen molar-refractivity contribution in [3.8, 4) is 11.8 Å². The van der Waals surface area contributed by atoms with Crippen molar-refractivity contribution in [2.24, 2.45) is 5.92 Å². The summed E-state index contributed by atoms with van der Waals surface area (Å²) >= 11 is 5.75. The van der Waals surface area contributed by atoms with Gasteiger partial charge in [-0.05, 0) is 57.8 Å². The lowest BCUT2D eigenvalue weighted by Gasteiger charge is -2.26. The Balaban J connectivity index is 1.65. The van der Waals surface area contributed by atoms with E-state index in [1.54, 1.807) is 6.07 Å². The van der Waals surface area contributed by atoms with Gasteiger partial charge in [0.15, 0.2) is 5.15 Å². The molecule has 1 aliphatic carbocycles. The van der Waals surface area contributed by atoms with Gasteiger partial charge in [0.25, 0.3) is 0 Å². The smallest absolute Gasteiger partial charge is 0.151 e. The van der Waals surface area contributed by atoms with Gasteiger partial charge in [-0.15, -0.1) is 5.10 Å². The summed E-state index contributed by atoms with van der Waals surface area (Å²) < 4.78 is 0. The van der Waals surface area contributed by atoms with Crippen LogP contribution in [0.2, 0.25) is 5.15 Å². The Kier molecular flexibility index (Phi) is 7.81. The molecule has 0 atom stereocenters. The zero-order valence-electron chi connectivity index (χ0n) is 14.2. The van der Waals surface area contributed by atoms with Crippen LogP contribution in [0.4, 0.5) is 0 Å². The predicted molar refractivity (Wildman–Crippen MR) is 95.2 cm³/mol. The van der Waals surface area contributed by atoms with E-state index in [0.717, 1.165) is 25.3 Å². The topological polar surface area (TPSA) is 41.0 Å². The fourth-order valence-electron chi connectivity index (χ4n) is 2.91. The second-order valence-corrected chi connectivity index (χ2v) is 6.72. The lowest BCUT2D eigenvalue weighted by atomic mass is 9.86. The van der Waals surface area contributed by atoms with Gasteiger partial charge in [0.05, 0.1) is 12.2 Å². The van der Waals surface area contributed by atoms with Gasteiger partial charge in [0.1, 0.15) is 0 Å². The average Bonchev–Trinajstić information content (AvgIpc) is 2.56. The minimum Gasteiger partial charge on any atom is -0.308 e. The molecule has 5 heteroatoms. The van der Waals surface area contributed by atoms with E-state index in [0.29, 0.717) is 17.1 Å². The maximum atomic E-state index is 5.75. The zero-order chi connectivity index (χ0) is 16.5. The normalized spacial score (nSPS) is 21.0. The molecule has 4 nitrogen and oxygen atoms in total. The van der Waals surface area contributed by atoms with E-state index in [1.165, 1.54) is 32.1 Å². The SMILES string of the molecule is CCCN(C)CC#CC1CCC(NCc2ccc(Cl)nn2)CC1. The molecule has 23 heavy (non-hydrogen) atoms. The van der Waals surface area contributed by atoms with Crippen molar-refractivity contribution in [3.63, 3.8) is 0 Å². The number of aromatic nitrogens is 2. The molecule has 0 aliphatic heterocycles. The molecule has 1 saturated carbocycles. The summed E-state index contributed by atoms with van der Waals surface area (Å²) in [6, 6.07) is 4.27. The fourth-order valence-corrected chi connectivity index (χ4v) is 3.02. The van der Waals surface area contributed by atoms with Crippen molar-refractivity contribution in [2.75, 3.05) is 20.1 Å². The van der Waals surface area contributed by atoms with Crippen molar-refractivity contribution < 1.29 is 0 Å². The molecule has 126 valence electrons. The molecule has 0 aromatic carbocycles. The standard InChI is InChI=1S/C18H27ClN4/c1-3-12-23(2)13-4-5-15-6-8-16(9-7-15)20-14-17-10-11-18(19)22-21-17/h10-11,15-16,20H,3,6-9,12-14H2,1-2H3. The van der Waals surface area contributed by atoms with E-state index in [9.17, 15) is 0 Å². The number of hydrogen-bond acceptors (Lipinski definition) is 4. The highest BCUT2D eigenvalue weighted by Crippen LogP contribution is 2.23. The van der Waals surface area contributed by atoms with E-state index >= 15 is 0 Å². The largest absolute Gasteiger partial charge is 0.308 e. The summed E-state index contributed by atoms with van der Waals surface area (Å²) in [5.41, 5.74) is 0.940. The Morgan fingerprint density at radius 3 is 2.70 bits per heavy atom. The first-order chi connectivity index (χ1) is 11.2. The van der Waals surface area contributed by atoms with Crippen LogP contribution in [0.15, 0.2) is 12.1 Å². The second kappa shape index (κ2) is 9.87. The Hall–Kier alpha value is -1.15. The van der Waals surface area contributed by atoms with Crippen LogP contribution in [0.25, 0.3) is 0 Å². The first-order valence-electron chi connectivity index (χ1n) is 8.55. The quantitative estimate of drug-likeness (QED) is 0.811. The maximum Gasteiger partial charge on any atom is 0.151 e. The minimum atomic E-state index is 0.442. The molecule has 0 radical (unpaired) electrons.